The van der Waals surface area contributed by atoms with Crippen LogP contribution in [-0.2, 0) is 0 Å². The third-order valence-electron chi connectivity index (χ3n) is 4.06. The van der Waals surface area contributed by atoms with Crippen LogP contribution in [0.15, 0.2) is 60.8 Å². The van der Waals surface area contributed by atoms with Gasteiger partial charge in [-0.05, 0) is 25.0 Å². The summed E-state index contributed by atoms with van der Waals surface area (Å²) in [6.07, 6.45) is 11.2. The van der Waals surface area contributed by atoms with E-state index in [4.69, 9.17) is 16.2 Å². The predicted octanol–water partition coefficient (Wildman–Crippen LogP) is 2.54. The summed E-state index contributed by atoms with van der Waals surface area (Å²) in [5.41, 5.74) is 12.8. The lowest BCUT2D eigenvalue weighted by molar-refractivity contribution is 0.289. The lowest BCUT2D eigenvalue weighted by atomic mass is 9.84. The molecule has 2 unspecified atom stereocenters. The minimum atomic E-state index is -0.477. The van der Waals surface area contributed by atoms with Crippen LogP contribution in [0.1, 0.15) is 12.8 Å². The zero-order valence-electron chi connectivity index (χ0n) is 12.5. The second-order valence-electron chi connectivity index (χ2n) is 5.67. The van der Waals surface area contributed by atoms with Gasteiger partial charge in [0.1, 0.15) is 11.3 Å². The molecule has 2 aromatic rings. The fourth-order valence-electron chi connectivity index (χ4n) is 2.71. The van der Waals surface area contributed by atoms with Crippen molar-refractivity contribution in [2.75, 3.05) is 6.61 Å². The lowest BCUT2D eigenvalue weighted by Crippen LogP contribution is -2.53. The molecule has 0 fully saturated rings. The number of nitrogens with two attached hydrogens (primary N) is 2. The SMILES string of the molecule is NC1C=CC=CC1(N)CCCOc1cccc2cccnc12. The van der Waals surface area contributed by atoms with E-state index in [0.29, 0.717) is 6.61 Å². The number of hydrogen-bond donors (Lipinski definition) is 2. The lowest BCUT2D eigenvalue weighted by Gasteiger charge is -2.32. The van der Waals surface area contributed by atoms with Crippen molar-refractivity contribution in [3.63, 3.8) is 0 Å². The van der Waals surface area contributed by atoms with Crippen molar-refractivity contribution in [1.82, 2.24) is 4.98 Å². The van der Waals surface area contributed by atoms with Crippen molar-refractivity contribution in [3.05, 3.63) is 60.8 Å². The summed E-state index contributed by atoms with van der Waals surface area (Å²) in [4.78, 5) is 4.39. The molecule has 3 rings (SSSR count). The second kappa shape index (κ2) is 6.30. The maximum Gasteiger partial charge on any atom is 0.145 e. The van der Waals surface area contributed by atoms with E-state index in [1.807, 2.05) is 54.6 Å². The van der Waals surface area contributed by atoms with Gasteiger partial charge in [0.15, 0.2) is 0 Å². The highest BCUT2D eigenvalue weighted by Gasteiger charge is 2.28. The van der Waals surface area contributed by atoms with Crippen LogP contribution in [0.2, 0.25) is 0 Å². The molecule has 1 heterocycles. The van der Waals surface area contributed by atoms with Crippen LogP contribution in [0.5, 0.6) is 5.75 Å². The number of fused-ring (bicyclic) bond motifs is 1. The molecular weight excluding hydrogens is 274 g/mol. The molecule has 0 saturated carbocycles. The van der Waals surface area contributed by atoms with Gasteiger partial charge in [-0.25, -0.2) is 0 Å². The van der Waals surface area contributed by atoms with Crippen LogP contribution in [0.4, 0.5) is 0 Å². The number of ether oxygens (including phenoxy) is 1. The number of allylic oxidation sites excluding steroid dienone is 2. The smallest absolute Gasteiger partial charge is 0.145 e. The molecule has 1 aliphatic carbocycles. The fraction of sp³-hybridized carbons (Fsp3) is 0.278. The van der Waals surface area contributed by atoms with Crippen molar-refractivity contribution in [2.45, 2.75) is 24.4 Å². The van der Waals surface area contributed by atoms with Gasteiger partial charge in [0.05, 0.1) is 12.1 Å². The first-order chi connectivity index (χ1) is 10.7. The van der Waals surface area contributed by atoms with Crippen LogP contribution in [-0.4, -0.2) is 23.2 Å². The first-order valence-electron chi connectivity index (χ1n) is 7.56. The largest absolute Gasteiger partial charge is 0.491 e. The van der Waals surface area contributed by atoms with Gasteiger partial charge in [-0.15, -0.1) is 0 Å². The number of hydrogen-bond acceptors (Lipinski definition) is 4. The molecule has 0 amide bonds. The van der Waals surface area contributed by atoms with E-state index in [9.17, 15) is 0 Å². The number of para-hydroxylation sites is 1. The zero-order valence-corrected chi connectivity index (χ0v) is 12.5. The van der Waals surface area contributed by atoms with Crippen LogP contribution >= 0.6 is 0 Å². The zero-order chi connectivity index (χ0) is 15.4. The van der Waals surface area contributed by atoms with E-state index in [-0.39, 0.29) is 6.04 Å². The first-order valence-corrected chi connectivity index (χ1v) is 7.56. The van der Waals surface area contributed by atoms with E-state index in [2.05, 4.69) is 4.98 Å². The Labute approximate surface area is 130 Å². The normalized spacial score (nSPS) is 23.8. The number of rotatable bonds is 5. The van der Waals surface area contributed by atoms with Crippen molar-refractivity contribution < 1.29 is 4.74 Å². The minimum Gasteiger partial charge on any atom is -0.491 e. The monoisotopic (exact) mass is 295 g/mol. The molecule has 1 aromatic carbocycles. The third kappa shape index (κ3) is 3.03. The molecule has 1 aliphatic rings. The van der Waals surface area contributed by atoms with Crippen molar-refractivity contribution in [3.8, 4) is 5.75 Å². The van der Waals surface area contributed by atoms with Gasteiger partial charge < -0.3 is 16.2 Å². The van der Waals surface area contributed by atoms with Crippen molar-refractivity contribution in [2.24, 2.45) is 11.5 Å². The summed E-state index contributed by atoms with van der Waals surface area (Å²) < 4.78 is 5.89. The Hall–Kier alpha value is -2.17. The van der Waals surface area contributed by atoms with Gasteiger partial charge in [0.2, 0.25) is 0 Å². The number of pyridine rings is 1. The highest BCUT2D eigenvalue weighted by molar-refractivity contribution is 5.84. The van der Waals surface area contributed by atoms with Crippen LogP contribution in [0.25, 0.3) is 10.9 Å². The topological polar surface area (TPSA) is 74.2 Å². The Balaban J connectivity index is 1.59. The third-order valence-corrected chi connectivity index (χ3v) is 4.06. The van der Waals surface area contributed by atoms with E-state index >= 15 is 0 Å². The van der Waals surface area contributed by atoms with Gasteiger partial charge >= 0.3 is 0 Å². The fourth-order valence-corrected chi connectivity index (χ4v) is 2.71. The molecule has 0 saturated heterocycles. The van der Waals surface area contributed by atoms with Crippen LogP contribution < -0.4 is 16.2 Å². The number of benzene rings is 1. The van der Waals surface area contributed by atoms with E-state index in [0.717, 1.165) is 29.5 Å². The molecule has 4 nitrogen and oxygen atoms in total. The summed E-state index contributed by atoms with van der Waals surface area (Å²) in [7, 11) is 0. The molecule has 4 N–H and O–H groups in total. The molecule has 2 atom stereocenters. The Morgan fingerprint density at radius 2 is 2.05 bits per heavy atom. The van der Waals surface area contributed by atoms with Gasteiger partial charge in [0, 0.05) is 17.6 Å². The first kappa shape index (κ1) is 14.8. The Kier molecular flexibility index (Phi) is 4.22. The maximum absolute atomic E-state index is 6.34. The molecule has 0 bridgehead atoms. The van der Waals surface area contributed by atoms with Crippen LogP contribution in [0, 0.1) is 0 Å². The van der Waals surface area contributed by atoms with Crippen LogP contribution in [0.3, 0.4) is 0 Å². The van der Waals surface area contributed by atoms with Crippen molar-refractivity contribution >= 4 is 10.9 Å². The molecule has 114 valence electrons. The van der Waals surface area contributed by atoms with Gasteiger partial charge in [-0.1, -0.05) is 42.5 Å². The highest BCUT2D eigenvalue weighted by atomic mass is 16.5. The predicted molar refractivity (Wildman–Crippen MR) is 89.6 cm³/mol. The quantitative estimate of drug-likeness (QED) is 0.831. The number of aromatic nitrogens is 1. The molecular formula is C18H21N3O. The molecule has 0 radical (unpaired) electrons. The van der Waals surface area contributed by atoms with Gasteiger partial charge in [-0.3, -0.25) is 4.98 Å². The summed E-state index contributed by atoms with van der Waals surface area (Å²) >= 11 is 0. The highest BCUT2D eigenvalue weighted by Crippen LogP contribution is 2.24. The van der Waals surface area contributed by atoms with Gasteiger partial charge in [-0.2, -0.15) is 0 Å². The average molecular weight is 295 g/mol. The molecule has 1 aromatic heterocycles. The van der Waals surface area contributed by atoms with E-state index in [1.54, 1.807) is 6.20 Å². The summed E-state index contributed by atoms with van der Waals surface area (Å²) in [6.45, 7) is 0.596. The molecule has 0 aliphatic heterocycles. The number of nitrogens with zero attached hydrogens (tertiary/aromatic N) is 1. The standard InChI is InChI=1S/C18H21N3O/c19-16-9-1-2-10-18(16,20)11-5-13-22-15-8-3-6-14-7-4-12-21-17(14)15/h1-4,6-10,12,16H,5,11,13,19-20H2. The Morgan fingerprint density at radius 1 is 1.18 bits per heavy atom. The summed E-state index contributed by atoms with van der Waals surface area (Å²) in [5.74, 6) is 0.813. The molecule has 22 heavy (non-hydrogen) atoms. The molecule has 4 heteroatoms. The minimum absolute atomic E-state index is 0.142. The second-order valence-corrected chi connectivity index (χ2v) is 5.67. The van der Waals surface area contributed by atoms with Crippen molar-refractivity contribution in [1.29, 1.82) is 0 Å². The molecule has 0 spiro atoms. The average Bonchev–Trinajstić information content (AvgIpc) is 2.55. The maximum atomic E-state index is 6.34. The Bertz CT molecular complexity index is 705. The van der Waals surface area contributed by atoms with E-state index in [1.165, 1.54) is 0 Å². The van der Waals surface area contributed by atoms with Gasteiger partial charge in [0.25, 0.3) is 0 Å². The van der Waals surface area contributed by atoms with E-state index < -0.39 is 5.54 Å². The Morgan fingerprint density at radius 3 is 2.91 bits per heavy atom. The summed E-state index contributed by atoms with van der Waals surface area (Å²) in [5, 5.41) is 1.08. The summed E-state index contributed by atoms with van der Waals surface area (Å²) in [6, 6.07) is 9.77.